The van der Waals surface area contributed by atoms with Crippen LogP contribution < -0.4 is 4.72 Å². The standard InChI is InChI=1S/C17H20N2OS/c1-17(2,3)19-21(20)15-12-8-7-11-14(15)16(18)13-9-5-4-6-10-13/h4-12,18-19H,1-3H3. The highest BCUT2D eigenvalue weighted by Crippen LogP contribution is 2.18. The maximum Gasteiger partial charge on any atom is 0.126 e. The molecule has 2 rings (SSSR count). The monoisotopic (exact) mass is 300 g/mol. The smallest absolute Gasteiger partial charge is 0.126 e. The normalized spacial score (nSPS) is 12.9. The van der Waals surface area contributed by atoms with Crippen LogP contribution in [-0.2, 0) is 11.0 Å². The van der Waals surface area contributed by atoms with Crippen molar-refractivity contribution >= 4 is 16.7 Å². The van der Waals surface area contributed by atoms with Crippen molar-refractivity contribution in [1.82, 2.24) is 4.72 Å². The molecule has 0 fully saturated rings. The van der Waals surface area contributed by atoms with Gasteiger partial charge in [-0.1, -0.05) is 48.5 Å². The molecule has 0 saturated carbocycles. The van der Waals surface area contributed by atoms with Crippen LogP contribution >= 0.6 is 0 Å². The summed E-state index contributed by atoms with van der Waals surface area (Å²) in [5, 5.41) is 8.37. The zero-order valence-electron chi connectivity index (χ0n) is 12.5. The lowest BCUT2D eigenvalue weighted by Crippen LogP contribution is -2.37. The lowest BCUT2D eigenvalue weighted by molar-refractivity contribution is 0.519. The molecule has 21 heavy (non-hydrogen) atoms. The first-order chi connectivity index (χ1) is 9.88. The molecule has 0 radical (unpaired) electrons. The molecule has 0 amide bonds. The highest BCUT2D eigenvalue weighted by Gasteiger charge is 2.19. The van der Waals surface area contributed by atoms with Crippen LogP contribution in [0.25, 0.3) is 0 Å². The van der Waals surface area contributed by atoms with Gasteiger partial charge < -0.3 is 0 Å². The van der Waals surface area contributed by atoms with Crippen molar-refractivity contribution in [3.8, 4) is 0 Å². The quantitative estimate of drug-likeness (QED) is 0.834. The molecule has 4 heteroatoms. The maximum atomic E-state index is 12.5. The molecule has 2 aromatic carbocycles. The highest BCUT2D eigenvalue weighted by atomic mass is 32.2. The number of nitrogens with one attached hydrogen (secondary N) is 2. The fraction of sp³-hybridized carbons (Fsp3) is 0.235. The molecule has 0 aliphatic heterocycles. The predicted molar refractivity (Wildman–Crippen MR) is 88.1 cm³/mol. The number of rotatable bonds is 4. The number of hydrogen-bond acceptors (Lipinski definition) is 2. The molecule has 1 unspecified atom stereocenters. The average Bonchev–Trinajstić information content (AvgIpc) is 2.45. The van der Waals surface area contributed by atoms with Crippen LogP contribution in [-0.4, -0.2) is 15.5 Å². The van der Waals surface area contributed by atoms with Crippen LogP contribution in [0, 0.1) is 5.41 Å². The number of hydrogen-bond donors (Lipinski definition) is 2. The Balaban J connectivity index is 2.38. The summed E-state index contributed by atoms with van der Waals surface area (Å²) in [6, 6.07) is 16.9. The van der Waals surface area contributed by atoms with Gasteiger partial charge in [0.05, 0.1) is 10.6 Å². The van der Waals surface area contributed by atoms with E-state index in [1.54, 1.807) is 0 Å². The van der Waals surface area contributed by atoms with E-state index in [4.69, 9.17) is 5.41 Å². The molecule has 0 saturated heterocycles. The largest absolute Gasteiger partial charge is 0.300 e. The van der Waals surface area contributed by atoms with E-state index in [0.717, 1.165) is 5.56 Å². The van der Waals surface area contributed by atoms with Crippen LogP contribution in [0.2, 0.25) is 0 Å². The van der Waals surface area contributed by atoms with Gasteiger partial charge in [0.2, 0.25) is 0 Å². The number of benzene rings is 2. The second kappa shape index (κ2) is 6.33. The van der Waals surface area contributed by atoms with Crippen molar-refractivity contribution in [2.45, 2.75) is 31.2 Å². The summed E-state index contributed by atoms with van der Waals surface area (Å²) in [4.78, 5) is 0.640. The van der Waals surface area contributed by atoms with Gasteiger partial charge in [0, 0.05) is 16.7 Å². The molecule has 1 atom stereocenters. The molecule has 0 heterocycles. The van der Waals surface area contributed by atoms with Crippen molar-refractivity contribution < 1.29 is 4.21 Å². The van der Waals surface area contributed by atoms with Gasteiger partial charge in [-0.15, -0.1) is 0 Å². The third-order valence-electron chi connectivity index (χ3n) is 2.82. The Labute approximate surface area is 128 Å². The van der Waals surface area contributed by atoms with E-state index in [1.807, 2.05) is 75.4 Å². The summed E-state index contributed by atoms with van der Waals surface area (Å²) < 4.78 is 15.6. The van der Waals surface area contributed by atoms with E-state index in [1.165, 1.54) is 0 Å². The first kappa shape index (κ1) is 15.6. The topological polar surface area (TPSA) is 53.0 Å². The Morgan fingerprint density at radius 3 is 2.19 bits per heavy atom. The highest BCUT2D eigenvalue weighted by molar-refractivity contribution is 7.83. The minimum absolute atomic E-state index is 0.257. The zero-order valence-corrected chi connectivity index (χ0v) is 13.3. The van der Waals surface area contributed by atoms with E-state index in [0.29, 0.717) is 16.2 Å². The minimum Gasteiger partial charge on any atom is -0.300 e. The predicted octanol–water partition coefficient (Wildman–Crippen LogP) is 3.51. The Hall–Kier alpha value is -1.78. The van der Waals surface area contributed by atoms with Crippen LogP contribution in [0.15, 0.2) is 59.5 Å². The van der Waals surface area contributed by atoms with Crippen LogP contribution in [0.5, 0.6) is 0 Å². The molecule has 0 bridgehead atoms. The minimum atomic E-state index is -1.35. The van der Waals surface area contributed by atoms with E-state index >= 15 is 0 Å². The average molecular weight is 300 g/mol. The summed E-state index contributed by atoms with van der Waals surface area (Å²) >= 11 is 0. The van der Waals surface area contributed by atoms with E-state index < -0.39 is 11.0 Å². The fourth-order valence-electron chi connectivity index (χ4n) is 1.93. The molecule has 0 aromatic heterocycles. The summed E-state index contributed by atoms with van der Waals surface area (Å²) in [6.45, 7) is 5.90. The molecule has 0 spiro atoms. The Morgan fingerprint density at radius 1 is 1.00 bits per heavy atom. The lowest BCUT2D eigenvalue weighted by Gasteiger charge is -2.20. The van der Waals surface area contributed by atoms with Crippen LogP contribution in [0.3, 0.4) is 0 Å². The van der Waals surface area contributed by atoms with Gasteiger partial charge >= 0.3 is 0 Å². The Morgan fingerprint density at radius 2 is 1.57 bits per heavy atom. The third-order valence-corrected chi connectivity index (χ3v) is 4.37. The van der Waals surface area contributed by atoms with Gasteiger partial charge in [-0.3, -0.25) is 5.41 Å². The van der Waals surface area contributed by atoms with E-state index in [9.17, 15) is 4.21 Å². The second-order valence-corrected chi connectivity index (χ2v) is 7.04. The second-order valence-electron chi connectivity index (χ2n) is 5.86. The SMILES string of the molecule is CC(C)(C)NS(=O)c1ccccc1C(=N)c1ccccc1. The van der Waals surface area contributed by atoms with Crippen molar-refractivity contribution in [2.24, 2.45) is 0 Å². The van der Waals surface area contributed by atoms with Crippen molar-refractivity contribution in [3.63, 3.8) is 0 Å². The van der Waals surface area contributed by atoms with Gasteiger partial charge in [0.1, 0.15) is 11.0 Å². The van der Waals surface area contributed by atoms with Crippen molar-refractivity contribution in [2.75, 3.05) is 0 Å². The van der Waals surface area contributed by atoms with E-state index in [-0.39, 0.29) is 5.54 Å². The summed E-state index contributed by atoms with van der Waals surface area (Å²) in [7, 11) is -1.35. The zero-order chi connectivity index (χ0) is 15.5. The van der Waals surface area contributed by atoms with Gasteiger partial charge in [0.25, 0.3) is 0 Å². The molecule has 0 aliphatic rings. The first-order valence-electron chi connectivity index (χ1n) is 6.81. The van der Waals surface area contributed by atoms with Gasteiger partial charge in [-0.05, 0) is 26.8 Å². The van der Waals surface area contributed by atoms with E-state index in [2.05, 4.69) is 4.72 Å². The fourth-order valence-corrected chi connectivity index (χ4v) is 3.17. The lowest BCUT2D eigenvalue weighted by atomic mass is 10.0. The maximum absolute atomic E-state index is 12.5. The Kier molecular flexibility index (Phi) is 4.70. The third kappa shape index (κ3) is 4.09. The van der Waals surface area contributed by atoms with Crippen molar-refractivity contribution in [1.29, 1.82) is 5.41 Å². The molecule has 0 aliphatic carbocycles. The van der Waals surface area contributed by atoms with Gasteiger partial charge in [0.15, 0.2) is 0 Å². The Bertz CT molecular complexity index is 660. The van der Waals surface area contributed by atoms with Crippen molar-refractivity contribution in [3.05, 3.63) is 65.7 Å². The van der Waals surface area contributed by atoms with Gasteiger partial charge in [-0.25, -0.2) is 8.93 Å². The van der Waals surface area contributed by atoms with Gasteiger partial charge in [-0.2, -0.15) is 0 Å². The summed E-state index contributed by atoms with van der Waals surface area (Å²) in [5.41, 5.74) is 1.64. The summed E-state index contributed by atoms with van der Waals surface area (Å²) in [5.74, 6) is 0. The van der Waals surface area contributed by atoms with Crippen LogP contribution in [0.1, 0.15) is 31.9 Å². The summed E-state index contributed by atoms with van der Waals surface area (Å²) in [6.07, 6.45) is 0. The molecule has 2 aromatic rings. The molecule has 110 valence electrons. The molecular formula is C17H20N2OS. The molecule has 2 N–H and O–H groups in total. The molecule has 3 nitrogen and oxygen atoms in total. The first-order valence-corrected chi connectivity index (χ1v) is 7.96. The van der Waals surface area contributed by atoms with Crippen LogP contribution in [0.4, 0.5) is 0 Å². The molecular weight excluding hydrogens is 280 g/mol.